The van der Waals surface area contributed by atoms with Crippen LogP contribution in [0.3, 0.4) is 0 Å². The highest BCUT2D eigenvalue weighted by atomic mass is 16.5. The summed E-state index contributed by atoms with van der Waals surface area (Å²) in [6.45, 7) is 3.36. The fourth-order valence-corrected chi connectivity index (χ4v) is 1.94. The van der Waals surface area contributed by atoms with Crippen molar-refractivity contribution >= 4 is 0 Å². The molecule has 1 aromatic carbocycles. The quantitative estimate of drug-likeness (QED) is 0.683. The summed E-state index contributed by atoms with van der Waals surface area (Å²) in [5.74, 6) is 0.939. The molecular formula is C14H23NO2. The lowest BCUT2D eigenvalue weighted by Crippen LogP contribution is -2.22. The van der Waals surface area contributed by atoms with Gasteiger partial charge in [0.25, 0.3) is 0 Å². The highest BCUT2D eigenvalue weighted by Crippen LogP contribution is 2.26. The molecule has 0 spiro atoms. The molecule has 1 atom stereocenters. The molecule has 0 fully saturated rings. The van der Waals surface area contributed by atoms with Gasteiger partial charge in [0, 0.05) is 18.2 Å². The highest BCUT2D eigenvalue weighted by Gasteiger charge is 2.12. The van der Waals surface area contributed by atoms with Crippen LogP contribution in [0.5, 0.6) is 5.75 Å². The van der Waals surface area contributed by atoms with Gasteiger partial charge in [-0.3, -0.25) is 0 Å². The molecule has 96 valence electrons. The standard InChI is InChI=1S/C14H23NO2/c1-3-13(15-10-6-7-11-16)12-8-4-5-9-14(12)17-2/h4-5,8-9,13,15-16H,3,6-7,10-11H2,1-2H3. The first-order chi connectivity index (χ1) is 8.33. The van der Waals surface area contributed by atoms with Crippen molar-refractivity contribution in [2.24, 2.45) is 0 Å². The molecule has 17 heavy (non-hydrogen) atoms. The Hall–Kier alpha value is -1.06. The normalized spacial score (nSPS) is 12.4. The molecule has 0 heterocycles. The summed E-state index contributed by atoms with van der Waals surface area (Å²) in [4.78, 5) is 0. The molecule has 0 bridgehead atoms. The molecule has 0 aliphatic heterocycles. The van der Waals surface area contributed by atoms with Crippen LogP contribution in [-0.2, 0) is 0 Å². The van der Waals surface area contributed by atoms with Crippen molar-refractivity contribution in [3.8, 4) is 5.75 Å². The summed E-state index contributed by atoms with van der Waals surface area (Å²) in [5.41, 5.74) is 1.21. The summed E-state index contributed by atoms with van der Waals surface area (Å²) in [6, 6.07) is 8.45. The second kappa shape index (κ2) is 8.09. The fourth-order valence-electron chi connectivity index (χ4n) is 1.94. The monoisotopic (exact) mass is 237 g/mol. The van der Waals surface area contributed by atoms with Crippen molar-refractivity contribution in [2.45, 2.75) is 32.2 Å². The summed E-state index contributed by atoms with van der Waals surface area (Å²) < 4.78 is 5.38. The van der Waals surface area contributed by atoms with Gasteiger partial charge in [-0.15, -0.1) is 0 Å². The van der Waals surface area contributed by atoms with E-state index in [4.69, 9.17) is 9.84 Å². The van der Waals surface area contributed by atoms with E-state index in [-0.39, 0.29) is 6.61 Å². The number of ether oxygens (including phenoxy) is 1. The van der Waals surface area contributed by atoms with Crippen LogP contribution in [-0.4, -0.2) is 25.4 Å². The van der Waals surface area contributed by atoms with E-state index in [1.807, 2.05) is 18.2 Å². The van der Waals surface area contributed by atoms with Crippen LogP contribution in [0.15, 0.2) is 24.3 Å². The van der Waals surface area contributed by atoms with Gasteiger partial charge < -0.3 is 15.2 Å². The van der Waals surface area contributed by atoms with Gasteiger partial charge in [0.1, 0.15) is 5.75 Å². The van der Waals surface area contributed by atoms with Crippen molar-refractivity contribution < 1.29 is 9.84 Å². The van der Waals surface area contributed by atoms with Crippen LogP contribution in [0.4, 0.5) is 0 Å². The van der Waals surface area contributed by atoms with Gasteiger partial charge in [-0.1, -0.05) is 25.1 Å². The molecule has 2 N–H and O–H groups in total. The number of benzene rings is 1. The minimum atomic E-state index is 0.271. The van der Waals surface area contributed by atoms with Crippen molar-refractivity contribution in [1.82, 2.24) is 5.32 Å². The van der Waals surface area contributed by atoms with Gasteiger partial charge in [0.2, 0.25) is 0 Å². The minimum Gasteiger partial charge on any atom is -0.496 e. The van der Waals surface area contributed by atoms with Crippen LogP contribution in [0.2, 0.25) is 0 Å². The summed E-state index contributed by atoms with van der Waals surface area (Å²) >= 11 is 0. The van der Waals surface area contributed by atoms with Gasteiger partial charge in [0.15, 0.2) is 0 Å². The zero-order valence-corrected chi connectivity index (χ0v) is 10.8. The lowest BCUT2D eigenvalue weighted by atomic mass is 10.0. The zero-order valence-electron chi connectivity index (χ0n) is 10.8. The SMILES string of the molecule is CCC(NCCCCO)c1ccccc1OC. The van der Waals surface area contributed by atoms with Crippen LogP contribution >= 0.6 is 0 Å². The Bertz CT molecular complexity index is 315. The Kier molecular flexibility index (Phi) is 6.67. The molecule has 3 nitrogen and oxygen atoms in total. The van der Waals surface area contributed by atoms with Gasteiger partial charge in [-0.2, -0.15) is 0 Å². The van der Waals surface area contributed by atoms with Crippen molar-refractivity contribution in [1.29, 1.82) is 0 Å². The van der Waals surface area contributed by atoms with Gasteiger partial charge >= 0.3 is 0 Å². The minimum absolute atomic E-state index is 0.271. The summed E-state index contributed by atoms with van der Waals surface area (Å²) in [7, 11) is 1.71. The average Bonchev–Trinajstić information content (AvgIpc) is 2.39. The van der Waals surface area contributed by atoms with E-state index in [0.717, 1.165) is 31.6 Å². The number of aliphatic hydroxyl groups excluding tert-OH is 1. The number of nitrogens with one attached hydrogen (secondary N) is 1. The predicted octanol–water partition coefficient (Wildman–Crippen LogP) is 2.51. The largest absolute Gasteiger partial charge is 0.496 e. The Morgan fingerprint density at radius 1 is 1.29 bits per heavy atom. The van der Waals surface area contributed by atoms with Crippen LogP contribution < -0.4 is 10.1 Å². The first-order valence-electron chi connectivity index (χ1n) is 6.30. The summed E-state index contributed by atoms with van der Waals surface area (Å²) in [6.07, 6.45) is 2.89. The second-order valence-electron chi connectivity index (χ2n) is 4.09. The molecule has 1 aromatic rings. The number of para-hydroxylation sites is 1. The number of hydrogen-bond donors (Lipinski definition) is 2. The molecule has 1 rings (SSSR count). The fraction of sp³-hybridized carbons (Fsp3) is 0.571. The van der Waals surface area contributed by atoms with E-state index in [0.29, 0.717) is 6.04 Å². The number of aliphatic hydroxyl groups is 1. The topological polar surface area (TPSA) is 41.5 Å². The van der Waals surface area contributed by atoms with Crippen LogP contribution in [0.25, 0.3) is 0 Å². The smallest absolute Gasteiger partial charge is 0.123 e. The van der Waals surface area contributed by atoms with E-state index in [1.54, 1.807) is 7.11 Å². The maximum absolute atomic E-state index is 8.74. The van der Waals surface area contributed by atoms with Crippen LogP contribution in [0.1, 0.15) is 37.8 Å². The molecule has 0 saturated carbocycles. The van der Waals surface area contributed by atoms with Crippen molar-refractivity contribution in [3.05, 3.63) is 29.8 Å². The molecule has 1 unspecified atom stereocenters. The molecule has 0 aliphatic carbocycles. The Labute approximate surface area is 104 Å². The van der Waals surface area contributed by atoms with Gasteiger partial charge in [-0.05, 0) is 31.9 Å². The first kappa shape index (κ1) is 14.0. The second-order valence-corrected chi connectivity index (χ2v) is 4.09. The summed E-state index contributed by atoms with van der Waals surface area (Å²) in [5, 5.41) is 12.2. The van der Waals surface area contributed by atoms with Crippen molar-refractivity contribution in [2.75, 3.05) is 20.3 Å². The number of methoxy groups -OCH3 is 1. The molecular weight excluding hydrogens is 214 g/mol. The number of hydrogen-bond acceptors (Lipinski definition) is 3. The molecule has 0 aliphatic rings. The molecule has 0 saturated heterocycles. The third-order valence-electron chi connectivity index (χ3n) is 2.90. The van der Waals surface area contributed by atoms with E-state index in [1.165, 1.54) is 5.56 Å². The van der Waals surface area contributed by atoms with Gasteiger partial charge in [-0.25, -0.2) is 0 Å². The molecule has 0 amide bonds. The predicted molar refractivity (Wildman–Crippen MR) is 70.3 cm³/mol. The maximum Gasteiger partial charge on any atom is 0.123 e. The Morgan fingerprint density at radius 2 is 2.06 bits per heavy atom. The molecule has 0 aromatic heterocycles. The number of unbranched alkanes of at least 4 members (excludes halogenated alkanes) is 1. The third kappa shape index (κ3) is 4.36. The first-order valence-corrected chi connectivity index (χ1v) is 6.30. The van der Waals surface area contributed by atoms with E-state index >= 15 is 0 Å². The molecule has 0 radical (unpaired) electrons. The Morgan fingerprint density at radius 3 is 2.71 bits per heavy atom. The van der Waals surface area contributed by atoms with E-state index in [9.17, 15) is 0 Å². The lowest BCUT2D eigenvalue weighted by Gasteiger charge is -2.19. The lowest BCUT2D eigenvalue weighted by molar-refractivity contribution is 0.282. The zero-order chi connectivity index (χ0) is 12.5. The Balaban J connectivity index is 2.59. The van der Waals surface area contributed by atoms with Gasteiger partial charge in [0.05, 0.1) is 7.11 Å². The third-order valence-corrected chi connectivity index (χ3v) is 2.90. The van der Waals surface area contributed by atoms with E-state index in [2.05, 4.69) is 18.3 Å². The average molecular weight is 237 g/mol. The van der Waals surface area contributed by atoms with Crippen molar-refractivity contribution in [3.63, 3.8) is 0 Å². The number of rotatable bonds is 8. The maximum atomic E-state index is 8.74. The highest BCUT2D eigenvalue weighted by molar-refractivity contribution is 5.35. The van der Waals surface area contributed by atoms with Crippen LogP contribution in [0, 0.1) is 0 Å². The van der Waals surface area contributed by atoms with E-state index < -0.39 is 0 Å². The molecule has 3 heteroatoms.